The molecule has 3 aromatic rings. The molecule has 0 saturated carbocycles. The Hall–Kier alpha value is -2.65. The summed E-state index contributed by atoms with van der Waals surface area (Å²) < 4.78 is 0. The Labute approximate surface area is 122 Å². The van der Waals surface area contributed by atoms with Gasteiger partial charge in [0.15, 0.2) is 0 Å². The number of carboxylic acid groups (broad SMARTS) is 1. The van der Waals surface area contributed by atoms with E-state index in [-0.39, 0.29) is 12.2 Å². The molecule has 0 heterocycles. The molecule has 0 unspecified atom stereocenters. The van der Waals surface area contributed by atoms with Crippen molar-refractivity contribution in [1.29, 1.82) is 0 Å². The highest BCUT2D eigenvalue weighted by atomic mass is 16.4. The molecule has 0 amide bonds. The molecule has 0 atom stereocenters. The minimum absolute atomic E-state index is 0.0173. The smallest absolute Gasteiger partial charge is 0.335 e. The zero-order chi connectivity index (χ0) is 14.8. The van der Waals surface area contributed by atoms with Gasteiger partial charge in [0.1, 0.15) is 0 Å². The lowest BCUT2D eigenvalue weighted by molar-refractivity contribution is 0.0697. The summed E-state index contributed by atoms with van der Waals surface area (Å²) in [4.78, 5) is 11.0. The predicted molar refractivity (Wildman–Crippen MR) is 82.3 cm³/mol. The van der Waals surface area contributed by atoms with E-state index in [2.05, 4.69) is 0 Å². The van der Waals surface area contributed by atoms with Crippen molar-refractivity contribution in [2.24, 2.45) is 0 Å². The number of hydrogen-bond donors (Lipinski definition) is 2. The van der Waals surface area contributed by atoms with Gasteiger partial charge in [-0.2, -0.15) is 0 Å². The number of carboxylic acids is 1. The van der Waals surface area contributed by atoms with Crippen molar-refractivity contribution in [2.45, 2.75) is 6.61 Å². The van der Waals surface area contributed by atoms with Gasteiger partial charge in [-0.1, -0.05) is 36.4 Å². The third-order valence-corrected chi connectivity index (χ3v) is 3.53. The van der Waals surface area contributed by atoms with Crippen molar-refractivity contribution >= 4 is 16.7 Å². The standard InChI is InChI=1S/C18H14O3/c19-11-12-2-1-3-13(8-12)14-4-5-16-10-17(18(20)21)7-6-15(16)9-14/h1-10,19H,11H2,(H,20,21). The Balaban J connectivity index is 2.08. The van der Waals surface area contributed by atoms with Gasteiger partial charge < -0.3 is 10.2 Å². The molecule has 0 aliphatic heterocycles. The zero-order valence-corrected chi connectivity index (χ0v) is 11.3. The maximum atomic E-state index is 11.0. The highest BCUT2D eigenvalue weighted by molar-refractivity contribution is 5.95. The van der Waals surface area contributed by atoms with Gasteiger partial charge in [-0.3, -0.25) is 0 Å². The molecule has 0 spiro atoms. The van der Waals surface area contributed by atoms with Crippen molar-refractivity contribution in [3.05, 3.63) is 71.8 Å². The molecule has 21 heavy (non-hydrogen) atoms. The Morgan fingerprint density at radius 2 is 1.57 bits per heavy atom. The van der Waals surface area contributed by atoms with Crippen LogP contribution < -0.4 is 0 Å². The number of rotatable bonds is 3. The average molecular weight is 278 g/mol. The largest absolute Gasteiger partial charge is 0.478 e. The molecule has 0 fully saturated rings. The van der Waals surface area contributed by atoms with E-state index >= 15 is 0 Å². The monoisotopic (exact) mass is 278 g/mol. The van der Waals surface area contributed by atoms with Gasteiger partial charge in [0.25, 0.3) is 0 Å². The third-order valence-electron chi connectivity index (χ3n) is 3.53. The van der Waals surface area contributed by atoms with Gasteiger partial charge in [0.05, 0.1) is 12.2 Å². The summed E-state index contributed by atoms with van der Waals surface area (Å²) in [5, 5.41) is 20.1. The number of carbonyl (C=O) groups is 1. The van der Waals surface area contributed by atoms with E-state index in [4.69, 9.17) is 5.11 Å². The Bertz CT molecular complexity index is 822. The summed E-state index contributed by atoms with van der Waals surface area (Å²) in [7, 11) is 0. The molecule has 2 N–H and O–H groups in total. The van der Waals surface area contributed by atoms with Crippen molar-refractivity contribution in [3.63, 3.8) is 0 Å². The first-order valence-electron chi connectivity index (χ1n) is 6.64. The van der Waals surface area contributed by atoms with Crippen LogP contribution in [0.4, 0.5) is 0 Å². The van der Waals surface area contributed by atoms with E-state index in [1.54, 1.807) is 12.1 Å². The fraction of sp³-hybridized carbons (Fsp3) is 0.0556. The summed E-state index contributed by atoms with van der Waals surface area (Å²) in [5.74, 6) is -0.920. The van der Waals surface area contributed by atoms with Crippen molar-refractivity contribution in [2.75, 3.05) is 0 Å². The normalized spacial score (nSPS) is 10.7. The zero-order valence-electron chi connectivity index (χ0n) is 11.3. The van der Waals surface area contributed by atoms with Crippen LogP contribution in [0.1, 0.15) is 15.9 Å². The molecular formula is C18H14O3. The molecule has 3 nitrogen and oxygen atoms in total. The molecule has 3 rings (SSSR count). The van der Waals surface area contributed by atoms with E-state index in [1.165, 1.54) is 0 Å². The van der Waals surface area contributed by atoms with Gasteiger partial charge in [0.2, 0.25) is 0 Å². The summed E-state index contributed by atoms with van der Waals surface area (Å²) in [6.45, 7) is 0.0173. The number of aromatic carboxylic acids is 1. The third kappa shape index (κ3) is 2.64. The minimum Gasteiger partial charge on any atom is -0.478 e. The minimum atomic E-state index is -0.920. The van der Waals surface area contributed by atoms with Crippen LogP contribution in [0.25, 0.3) is 21.9 Å². The van der Waals surface area contributed by atoms with E-state index in [1.807, 2.05) is 48.5 Å². The predicted octanol–water partition coefficient (Wildman–Crippen LogP) is 3.70. The molecule has 0 aliphatic carbocycles. The van der Waals surface area contributed by atoms with Gasteiger partial charge in [-0.25, -0.2) is 4.79 Å². The van der Waals surface area contributed by atoms with Crippen molar-refractivity contribution in [1.82, 2.24) is 0 Å². The van der Waals surface area contributed by atoms with E-state index in [9.17, 15) is 9.90 Å². The van der Waals surface area contributed by atoms with Crippen LogP contribution in [0.3, 0.4) is 0 Å². The van der Waals surface area contributed by atoms with Crippen LogP contribution in [0.15, 0.2) is 60.7 Å². The summed E-state index contributed by atoms with van der Waals surface area (Å²) >= 11 is 0. The van der Waals surface area contributed by atoms with Gasteiger partial charge in [0, 0.05) is 0 Å². The van der Waals surface area contributed by atoms with Crippen molar-refractivity contribution in [3.8, 4) is 11.1 Å². The van der Waals surface area contributed by atoms with Crippen molar-refractivity contribution < 1.29 is 15.0 Å². The first kappa shape index (κ1) is 13.3. The molecule has 3 aromatic carbocycles. The van der Waals surface area contributed by atoms with Crippen LogP contribution in [-0.4, -0.2) is 16.2 Å². The Morgan fingerprint density at radius 1 is 0.857 bits per heavy atom. The first-order chi connectivity index (χ1) is 10.2. The second-order valence-corrected chi connectivity index (χ2v) is 4.94. The number of aliphatic hydroxyl groups excluding tert-OH is 1. The van der Waals surface area contributed by atoms with E-state index < -0.39 is 5.97 Å². The second kappa shape index (κ2) is 5.38. The molecular weight excluding hydrogens is 264 g/mol. The van der Waals surface area contributed by atoms with Crippen LogP contribution in [0, 0.1) is 0 Å². The highest BCUT2D eigenvalue weighted by Gasteiger charge is 2.05. The lowest BCUT2D eigenvalue weighted by Crippen LogP contribution is -1.95. The lowest BCUT2D eigenvalue weighted by atomic mass is 9.99. The highest BCUT2D eigenvalue weighted by Crippen LogP contribution is 2.26. The second-order valence-electron chi connectivity index (χ2n) is 4.94. The summed E-state index contributed by atoms with van der Waals surface area (Å²) in [5.41, 5.74) is 3.23. The Morgan fingerprint density at radius 3 is 2.33 bits per heavy atom. The quantitative estimate of drug-likeness (QED) is 0.768. The topological polar surface area (TPSA) is 57.5 Å². The molecule has 3 heteroatoms. The van der Waals surface area contributed by atoms with Gasteiger partial charge in [-0.15, -0.1) is 0 Å². The SMILES string of the molecule is O=C(O)c1ccc2cc(-c3cccc(CO)c3)ccc2c1. The molecule has 0 bridgehead atoms. The Kier molecular flexibility index (Phi) is 3.42. The average Bonchev–Trinajstić information content (AvgIpc) is 2.53. The number of aliphatic hydroxyl groups is 1. The van der Waals surface area contributed by atoms with E-state index in [0.717, 1.165) is 27.5 Å². The van der Waals surface area contributed by atoms with Gasteiger partial charge in [-0.05, 0) is 51.7 Å². The fourth-order valence-electron chi connectivity index (χ4n) is 2.41. The molecule has 104 valence electrons. The summed E-state index contributed by atoms with van der Waals surface area (Å²) in [6.07, 6.45) is 0. The van der Waals surface area contributed by atoms with Gasteiger partial charge >= 0.3 is 5.97 Å². The first-order valence-corrected chi connectivity index (χ1v) is 6.64. The number of benzene rings is 3. The van der Waals surface area contributed by atoms with Crippen LogP contribution >= 0.6 is 0 Å². The van der Waals surface area contributed by atoms with Crippen LogP contribution in [0.2, 0.25) is 0 Å². The fourth-order valence-corrected chi connectivity index (χ4v) is 2.41. The molecule has 0 aromatic heterocycles. The maximum Gasteiger partial charge on any atom is 0.335 e. The number of hydrogen-bond acceptors (Lipinski definition) is 2. The summed E-state index contributed by atoms with van der Waals surface area (Å²) in [6, 6.07) is 18.7. The van der Waals surface area contributed by atoms with Crippen LogP contribution in [0.5, 0.6) is 0 Å². The maximum absolute atomic E-state index is 11.0. The molecule has 0 radical (unpaired) electrons. The van der Waals surface area contributed by atoms with E-state index in [0.29, 0.717) is 0 Å². The lowest BCUT2D eigenvalue weighted by Gasteiger charge is -2.06. The molecule has 0 aliphatic rings. The number of fused-ring (bicyclic) bond motifs is 1. The molecule has 0 saturated heterocycles. The van der Waals surface area contributed by atoms with Crippen LogP contribution in [-0.2, 0) is 6.61 Å².